The zero-order valence-electron chi connectivity index (χ0n) is 18.4. The number of ether oxygens (including phenoxy) is 3. The Balaban J connectivity index is 1.55. The lowest BCUT2D eigenvalue weighted by atomic mass is 10.1. The van der Waals surface area contributed by atoms with Gasteiger partial charge in [0.25, 0.3) is 5.91 Å². The van der Waals surface area contributed by atoms with Crippen LogP contribution in [0, 0.1) is 5.92 Å². The van der Waals surface area contributed by atoms with Crippen LogP contribution in [0.25, 0.3) is 0 Å². The molecule has 0 N–H and O–H groups in total. The SMILES string of the molecule is COc1ccc(CN2CCN(C(=O)c3cccc(OCC(C)C)c3)CC2)cc1OC. The Morgan fingerprint density at radius 3 is 2.37 bits per heavy atom. The van der Waals surface area contributed by atoms with Crippen molar-refractivity contribution in [2.75, 3.05) is 47.0 Å². The lowest BCUT2D eigenvalue weighted by Gasteiger charge is -2.35. The van der Waals surface area contributed by atoms with E-state index in [-0.39, 0.29) is 5.91 Å². The van der Waals surface area contributed by atoms with Gasteiger partial charge in [-0.15, -0.1) is 0 Å². The molecule has 0 aromatic heterocycles. The molecule has 6 nitrogen and oxygen atoms in total. The predicted octanol–water partition coefficient (Wildman–Crippen LogP) is 3.70. The number of hydrogen-bond donors (Lipinski definition) is 0. The minimum absolute atomic E-state index is 0.0655. The molecule has 1 aliphatic heterocycles. The van der Waals surface area contributed by atoms with Crippen molar-refractivity contribution in [3.63, 3.8) is 0 Å². The number of rotatable bonds is 8. The fraction of sp³-hybridized carbons (Fsp3) is 0.458. The summed E-state index contributed by atoms with van der Waals surface area (Å²) in [5.41, 5.74) is 1.85. The van der Waals surface area contributed by atoms with Crippen LogP contribution in [0.2, 0.25) is 0 Å². The Bertz CT molecular complexity index is 845. The third kappa shape index (κ3) is 5.66. The molecule has 1 saturated heterocycles. The van der Waals surface area contributed by atoms with Gasteiger partial charge in [-0.3, -0.25) is 9.69 Å². The number of hydrogen-bond acceptors (Lipinski definition) is 5. The average Bonchev–Trinajstić information content (AvgIpc) is 2.77. The number of piperazine rings is 1. The van der Waals surface area contributed by atoms with Crippen molar-refractivity contribution in [2.45, 2.75) is 20.4 Å². The van der Waals surface area contributed by atoms with E-state index in [0.29, 0.717) is 31.2 Å². The quantitative estimate of drug-likeness (QED) is 0.662. The maximum absolute atomic E-state index is 12.9. The van der Waals surface area contributed by atoms with Crippen molar-refractivity contribution >= 4 is 5.91 Å². The van der Waals surface area contributed by atoms with Crippen LogP contribution in [0.5, 0.6) is 17.2 Å². The van der Waals surface area contributed by atoms with Crippen LogP contribution < -0.4 is 14.2 Å². The third-order valence-electron chi connectivity index (χ3n) is 5.18. The van der Waals surface area contributed by atoms with Gasteiger partial charge in [0, 0.05) is 38.3 Å². The lowest BCUT2D eigenvalue weighted by molar-refractivity contribution is 0.0628. The normalized spacial score (nSPS) is 14.6. The average molecular weight is 413 g/mol. The topological polar surface area (TPSA) is 51.2 Å². The Morgan fingerprint density at radius 1 is 0.967 bits per heavy atom. The van der Waals surface area contributed by atoms with Crippen LogP contribution in [0.15, 0.2) is 42.5 Å². The van der Waals surface area contributed by atoms with E-state index in [9.17, 15) is 4.79 Å². The van der Waals surface area contributed by atoms with Crippen molar-refractivity contribution in [3.8, 4) is 17.2 Å². The second-order valence-electron chi connectivity index (χ2n) is 7.99. The molecule has 30 heavy (non-hydrogen) atoms. The number of amides is 1. The summed E-state index contributed by atoms with van der Waals surface area (Å²) in [6.45, 7) is 8.78. The van der Waals surface area contributed by atoms with E-state index < -0.39 is 0 Å². The van der Waals surface area contributed by atoms with Crippen LogP contribution in [0.1, 0.15) is 29.8 Å². The van der Waals surface area contributed by atoms with Crippen LogP contribution in [-0.4, -0.2) is 62.7 Å². The van der Waals surface area contributed by atoms with Crippen molar-refractivity contribution in [2.24, 2.45) is 5.92 Å². The third-order valence-corrected chi connectivity index (χ3v) is 5.18. The van der Waals surface area contributed by atoms with Gasteiger partial charge in [0.05, 0.1) is 20.8 Å². The highest BCUT2D eigenvalue weighted by Crippen LogP contribution is 2.28. The zero-order chi connectivity index (χ0) is 21.5. The largest absolute Gasteiger partial charge is 0.493 e. The zero-order valence-corrected chi connectivity index (χ0v) is 18.4. The highest BCUT2D eigenvalue weighted by atomic mass is 16.5. The van der Waals surface area contributed by atoms with Gasteiger partial charge < -0.3 is 19.1 Å². The second-order valence-corrected chi connectivity index (χ2v) is 7.99. The number of carbonyl (C=O) groups is 1. The second kappa shape index (κ2) is 10.3. The molecule has 0 bridgehead atoms. The summed E-state index contributed by atoms with van der Waals surface area (Å²) in [6.07, 6.45) is 0. The fourth-order valence-electron chi connectivity index (χ4n) is 3.51. The molecule has 1 aliphatic rings. The fourth-order valence-corrected chi connectivity index (χ4v) is 3.51. The Kier molecular flexibility index (Phi) is 7.57. The van der Waals surface area contributed by atoms with Gasteiger partial charge in [-0.1, -0.05) is 26.0 Å². The summed E-state index contributed by atoms with van der Waals surface area (Å²) >= 11 is 0. The summed E-state index contributed by atoms with van der Waals surface area (Å²) in [7, 11) is 3.29. The number of benzene rings is 2. The molecule has 1 amide bonds. The molecule has 6 heteroatoms. The van der Waals surface area contributed by atoms with Gasteiger partial charge in [0.2, 0.25) is 0 Å². The lowest BCUT2D eigenvalue weighted by Crippen LogP contribution is -2.48. The van der Waals surface area contributed by atoms with Crippen molar-refractivity contribution in [1.29, 1.82) is 0 Å². The van der Waals surface area contributed by atoms with Gasteiger partial charge in [0.15, 0.2) is 11.5 Å². The van der Waals surface area contributed by atoms with Gasteiger partial charge in [0.1, 0.15) is 5.75 Å². The standard InChI is InChI=1S/C24H32N2O4/c1-18(2)17-30-21-7-5-6-20(15-21)24(27)26-12-10-25(11-13-26)16-19-8-9-22(28-3)23(14-19)29-4/h5-9,14-15,18H,10-13,16-17H2,1-4H3. The first kappa shape index (κ1) is 22.0. The molecule has 1 fully saturated rings. The Labute approximate surface area is 179 Å². The smallest absolute Gasteiger partial charge is 0.254 e. The predicted molar refractivity (Wildman–Crippen MR) is 118 cm³/mol. The van der Waals surface area contributed by atoms with Gasteiger partial charge in [-0.05, 0) is 41.8 Å². The summed E-state index contributed by atoms with van der Waals surface area (Å²) in [5, 5.41) is 0. The van der Waals surface area contributed by atoms with Gasteiger partial charge in [-0.25, -0.2) is 0 Å². The first-order valence-electron chi connectivity index (χ1n) is 10.5. The molecule has 0 atom stereocenters. The molecule has 3 rings (SSSR count). The van der Waals surface area contributed by atoms with Gasteiger partial charge in [-0.2, -0.15) is 0 Å². The highest BCUT2D eigenvalue weighted by Gasteiger charge is 2.22. The number of nitrogens with zero attached hydrogens (tertiary/aromatic N) is 2. The summed E-state index contributed by atoms with van der Waals surface area (Å²) in [4.78, 5) is 17.2. The molecule has 162 valence electrons. The van der Waals surface area contributed by atoms with E-state index in [1.807, 2.05) is 41.3 Å². The van der Waals surface area contributed by atoms with Crippen LogP contribution in [0.3, 0.4) is 0 Å². The van der Waals surface area contributed by atoms with Crippen LogP contribution in [0.4, 0.5) is 0 Å². The minimum Gasteiger partial charge on any atom is -0.493 e. The monoisotopic (exact) mass is 412 g/mol. The minimum atomic E-state index is 0.0655. The molecule has 0 unspecified atom stereocenters. The van der Waals surface area contributed by atoms with E-state index in [0.717, 1.165) is 36.9 Å². The Morgan fingerprint density at radius 2 is 1.70 bits per heavy atom. The molecule has 0 radical (unpaired) electrons. The molecular formula is C24H32N2O4. The molecule has 0 aliphatic carbocycles. The summed E-state index contributed by atoms with van der Waals surface area (Å²) < 4.78 is 16.5. The van der Waals surface area contributed by atoms with Crippen LogP contribution >= 0.6 is 0 Å². The van der Waals surface area contributed by atoms with E-state index in [2.05, 4.69) is 24.8 Å². The van der Waals surface area contributed by atoms with E-state index >= 15 is 0 Å². The molecule has 2 aromatic rings. The number of carbonyl (C=O) groups excluding carboxylic acids is 1. The number of methoxy groups -OCH3 is 2. The first-order valence-corrected chi connectivity index (χ1v) is 10.5. The molecule has 0 spiro atoms. The van der Waals surface area contributed by atoms with Crippen molar-refractivity contribution in [1.82, 2.24) is 9.80 Å². The first-order chi connectivity index (χ1) is 14.5. The van der Waals surface area contributed by atoms with Gasteiger partial charge >= 0.3 is 0 Å². The molecule has 1 heterocycles. The summed E-state index contributed by atoms with van der Waals surface area (Å²) in [5.74, 6) is 2.74. The molecule has 2 aromatic carbocycles. The maximum atomic E-state index is 12.9. The summed E-state index contributed by atoms with van der Waals surface area (Å²) in [6, 6.07) is 13.5. The maximum Gasteiger partial charge on any atom is 0.254 e. The van der Waals surface area contributed by atoms with Crippen molar-refractivity contribution < 1.29 is 19.0 Å². The van der Waals surface area contributed by atoms with E-state index in [1.165, 1.54) is 5.56 Å². The van der Waals surface area contributed by atoms with Crippen molar-refractivity contribution in [3.05, 3.63) is 53.6 Å². The Hall–Kier alpha value is -2.73. The highest BCUT2D eigenvalue weighted by molar-refractivity contribution is 5.94. The molecule has 0 saturated carbocycles. The van der Waals surface area contributed by atoms with Crippen LogP contribution in [-0.2, 0) is 6.54 Å². The van der Waals surface area contributed by atoms with E-state index in [4.69, 9.17) is 14.2 Å². The van der Waals surface area contributed by atoms with E-state index in [1.54, 1.807) is 14.2 Å². The molecular weight excluding hydrogens is 380 g/mol.